The highest BCUT2D eigenvalue weighted by atomic mass is 16.5. The molecular weight excluding hydrogens is 390 g/mol. The first-order valence-corrected chi connectivity index (χ1v) is 10.9. The molecule has 1 unspecified atom stereocenters. The van der Waals surface area contributed by atoms with Gasteiger partial charge in [-0.2, -0.15) is 5.10 Å². The number of β-amino-alcohol motifs (C(OH)–C–C–N with tert-alkyl or cyclic N) is 1. The number of nitrogens with zero attached hydrogens (tertiary/aromatic N) is 3. The number of hydrogen-bond donors (Lipinski definition) is 1. The molecule has 0 radical (unpaired) electrons. The van der Waals surface area contributed by atoms with Gasteiger partial charge in [0.05, 0.1) is 12.7 Å². The molecule has 3 aromatic rings. The van der Waals surface area contributed by atoms with Crippen LogP contribution in [0.1, 0.15) is 24.0 Å². The van der Waals surface area contributed by atoms with Crippen LogP contribution >= 0.6 is 0 Å². The minimum atomic E-state index is -0.817. The fourth-order valence-corrected chi connectivity index (χ4v) is 3.99. The summed E-state index contributed by atoms with van der Waals surface area (Å²) in [6, 6.07) is 17.9. The molecule has 1 aliphatic heterocycles. The third kappa shape index (κ3) is 6.32. The summed E-state index contributed by atoms with van der Waals surface area (Å²) in [6.07, 6.45) is 5.59. The van der Waals surface area contributed by atoms with Gasteiger partial charge in [0.25, 0.3) is 0 Å². The molecule has 1 N–H and O–H groups in total. The average Bonchev–Trinajstić information content (AvgIpc) is 3.19. The van der Waals surface area contributed by atoms with Gasteiger partial charge in [-0.3, -0.25) is 9.58 Å². The number of para-hydroxylation sites is 1. The van der Waals surface area contributed by atoms with Crippen LogP contribution < -0.4 is 9.47 Å². The summed E-state index contributed by atoms with van der Waals surface area (Å²) >= 11 is 0. The van der Waals surface area contributed by atoms with E-state index in [1.165, 1.54) is 5.56 Å². The first-order valence-electron chi connectivity index (χ1n) is 10.9. The van der Waals surface area contributed by atoms with Crippen molar-refractivity contribution >= 4 is 0 Å². The Morgan fingerprint density at radius 2 is 1.81 bits per heavy atom. The van der Waals surface area contributed by atoms with Gasteiger partial charge in [0, 0.05) is 19.3 Å². The van der Waals surface area contributed by atoms with E-state index in [2.05, 4.69) is 22.1 Å². The van der Waals surface area contributed by atoms with E-state index < -0.39 is 5.60 Å². The lowest BCUT2D eigenvalue weighted by molar-refractivity contribution is -0.0621. The van der Waals surface area contributed by atoms with Crippen LogP contribution in [0.4, 0.5) is 0 Å². The highest BCUT2D eigenvalue weighted by Crippen LogP contribution is 2.24. The zero-order valence-corrected chi connectivity index (χ0v) is 18.1. The minimum Gasteiger partial charge on any atom is -0.492 e. The van der Waals surface area contributed by atoms with E-state index in [9.17, 15) is 5.11 Å². The smallest absolute Gasteiger partial charge is 0.119 e. The zero-order valence-electron chi connectivity index (χ0n) is 18.1. The minimum absolute atomic E-state index is 0.316. The van der Waals surface area contributed by atoms with E-state index in [4.69, 9.17) is 9.47 Å². The number of aryl methyl sites for hydroxylation is 1. The Morgan fingerprint density at radius 1 is 1.03 bits per heavy atom. The van der Waals surface area contributed by atoms with Crippen molar-refractivity contribution in [1.29, 1.82) is 0 Å². The van der Waals surface area contributed by atoms with E-state index >= 15 is 0 Å². The van der Waals surface area contributed by atoms with Crippen molar-refractivity contribution in [3.63, 3.8) is 0 Å². The molecular formula is C25H31N3O3. The van der Waals surface area contributed by atoms with E-state index in [1.807, 2.05) is 66.5 Å². The molecule has 0 aliphatic carbocycles. The molecule has 1 atom stereocenters. The number of ether oxygens (including phenoxy) is 2. The van der Waals surface area contributed by atoms with Gasteiger partial charge in [-0.25, -0.2) is 0 Å². The number of piperidine rings is 1. The van der Waals surface area contributed by atoms with Gasteiger partial charge >= 0.3 is 0 Å². The molecule has 31 heavy (non-hydrogen) atoms. The fraction of sp³-hybridized carbons (Fsp3) is 0.400. The van der Waals surface area contributed by atoms with Gasteiger partial charge < -0.3 is 14.6 Å². The molecule has 1 aromatic heterocycles. The van der Waals surface area contributed by atoms with E-state index in [0.717, 1.165) is 49.5 Å². The molecule has 2 heterocycles. The maximum absolute atomic E-state index is 11.0. The Balaban J connectivity index is 1.24. The molecule has 0 spiro atoms. The van der Waals surface area contributed by atoms with Crippen molar-refractivity contribution in [2.45, 2.75) is 38.5 Å². The lowest BCUT2D eigenvalue weighted by atomic mass is 9.93. The van der Waals surface area contributed by atoms with Gasteiger partial charge in [0.1, 0.15) is 30.3 Å². The van der Waals surface area contributed by atoms with Gasteiger partial charge in [-0.1, -0.05) is 30.3 Å². The Kier molecular flexibility index (Phi) is 6.89. The quantitative estimate of drug-likeness (QED) is 0.571. The highest BCUT2D eigenvalue weighted by Gasteiger charge is 2.34. The van der Waals surface area contributed by atoms with Crippen LogP contribution in [0.2, 0.25) is 0 Å². The molecule has 6 nitrogen and oxygen atoms in total. The Hall–Kier alpha value is -2.83. The number of aromatic nitrogens is 2. The van der Waals surface area contributed by atoms with Crippen LogP contribution in [0.5, 0.6) is 11.5 Å². The topological polar surface area (TPSA) is 59.8 Å². The number of aliphatic hydroxyl groups is 1. The predicted octanol–water partition coefficient (Wildman–Crippen LogP) is 3.68. The summed E-state index contributed by atoms with van der Waals surface area (Å²) in [5, 5.41) is 15.3. The van der Waals surface area contributed by atoms with Crippen molar-refractivity contribution in [3.05, 3.63) is 78.1 Å². The Bertz CT molecular complexity index is 942. The van der Waals surface area contributed by atoms with Crippen molar-refractivity contribution < 1.29 is 14.6 Å². The molecule has 6 heteroatoms. The van der Waals surface area contributed by atoms with Crippen molar-refractivity contribution in [2.24, 2.45) is 0 Å². The number of likely N-dealkylation sites (tertiary alicyclic amines) is 1. The van der Waals surface area contributed by atoms with E-state index in [1.54, 1.807) is 0 Å². The molecule has 164 valence electrons. The van der Waals surface area contributed by atoms with E-state index in [-0.39, 0.29) is 0 Å². The average molecular weight is 422 g/mol. The largest absolute Gasteiger partial charge is 0.492 e. The third-order valence-electron chi connectivity index (χ3n) is 5.57. The standard InChI is InChI=1S/C25H31N3O3/c1-21-16-26-28(17-21)14-15-30-24-10-8-22(9-11-24)18-27-13-5-12-25(29,19-27)20-31-23-6-3-2-4-7-23/h2-4,6-11,16-17,29H,5,12-15,18-20H2,1H3. The van der Waals surface area contributed by atoms with Gasteiger partial charge in [0.2, 0.25) is 0 Å². The maximum atomic E-state index is 11.0. The molecule has 1 saturated heterocycles. The maximum Gasteiger partial charge on any atom is 0.119 e. The van der Waals surface area contributed by atoms with Crippen LogP contribution in [-0.4, -0.2) is 51.7 Å². The molecule has 0 bridgehead atoms. The summed E-state index contributed by atoms with van der Waals surface area (Å²) in [4.78, 5) is 2.30. The van der Waals surface area contributed by atoms with Crippen molar-refractivity contribution in [1.82, 2.24) is 14.7 Å². The second-order valence-corrected chi connectivity index (χ2v) is 8.41. The monoisotopic (exact) mass is 421 g/mol. The summed E-state index contributed by atoms with van der Waals surface area (Å²) in [5.74, 6) is 1.66. The summed E-state index contributed by atoms with van der Waals surface area (Å²) in [7, 11) is 0. The number of benzene rings is 2. The first kappa shape index (κ1) is 21.4. The summed E-state index contributed by atoms with van der Waals surface area (Å²) in [6.45, 7) is 6.06. The van der Waals surface area contributed by atoms with Crippen LogP contribution in [0.25, 0.3) is 0 Å². The lowest BCUT2D eigenvalue weighted by Crippen LogP contribution is -2.51. The third-order valence-corrected chi connectivity index (χ3v) is 5.57. The number of rotatable bonds is 9. The molecule has 2 aromatic carbocycles. The van der Waals surface area contributed by atoms with E-state index in [0.29, 0.717) is 19.8 Å². The van der Waals surface area contributed by atoms with Gasteiger partial charge in [0.15, 0.2) is 0 Å². The normalized spacial score (nSPS) is 19.3. The second kappa shape index (κ2) is 9.98. The second-order valence-electron chi connectivity index (χ2n) is 8.41. The number of hydrogen-bond acceptors (Lipinski definition) is 5. The van der Waals surface area contributed by atoms with Crippen LogP contribution in [0, 0.1) is 6.92 Å². The summed E-state index contributed by atoms with van der Waals surface area (Å²) < 4.78 is 13.6. The molecule has 1 aliphatic rings. The predicted molar refractivity (Wildman–Crippen MR) is 120 cm³/mol. The molecule has 1 fully saturated rings. The Morgan fingerprint density at radius 3 is 2.55 bits per heavy atom. The first-order chi connectivity index (χ1) is 15.1. The lowest BCUT2D eigenvalue weighted by Gasteiger charge is -2.39. The van der Waals surface area contributed by atoms with Crippen LogP contribution in [-0.2, 0) is 13.1 Å². The molecule has 0 amide bonds. The van der Waals surface area contributed by atoms with Crippen molar-refractivity contribution in [3.8, 4) is 11.5 Å². The molecule has 0 saturated carbocycles. The SMILES string of the molecule is Cc1cnn(CCOc2ccc(CN3CCCC(O)(COc4ccccc4)C3)cc2)c1. The molecule has 4 rings (SSSR count). The fourth-order valence-electron chi connectivity index (χ4n) is 3.99. The zero-order chi connectivity index (χ0) is 21.5. The van der Waals surface area contributed by atoms with Crippen LogP contribution in [0.15, 0.2) is 67.0 Å². The van der Waals surface area contributed by atoms with Gasteiger partial charge in [-0.15, -0.1) is 0 Å². The Labute approximate surface area is 184 Å². The van der Waals surface area contributed by atoms with Crippen molar-refractivity contribution in [2.75, 3.05) is 26.3 Å². The van der Waals surface area contributed by atoms with Crippen LogP contribution in [0.3, 0.4) is 0 Å². The highest BCUT2D eigenvalue weighted by molar-refractivity contribution is 5.27. The van der Waals surface area contributed by atoms with Gasteiger partial charge in [-0.05, 0) is 61.7 Å². The summed E-state index contributed by atoms with van der Waals surface area (Å²) in [5.41, 5.74) is 1.55.